The molecule has 3 N–H and O–H groups in total. The van der Waals surface area contributed by atoms with E-state index in [1.165, 1.54) is 0 Å². The van der Waals surface area contributed by atoms with E-state index in [1.807, 2.05) is 49.4 Å². The number of hydrogen-bond donors (Lipinski definition) is 3. The fraction of sp³-hybridized carbons (Fsp3) is 0.440. The molecule has 0 radical (unpaired) electrons. The minimum Gasteiger partial charge on any atom is -0.362 e. The van der Waals surface area contributed by atoms with Gasteiger partial charge in [-0.15, -0.1) is 0 Å². The summed E-state index contributed by atoms with van der Waals surface area (Å²) in [6.07, 6.45) is 3.49. The van der Waals surface area contributed by atoms with E-state index >= 15 is 0 Å². The lowest BCUT2D eigenvalue weighted by molar-refractivity contribution is -0.139. The number of carbonyl (C=O) groups excluding carboxylic acids is 2. The van der Waals surface area contributed by atoms with Crippen LogP contribution in [-0.2, 0) is 11.3 Å². The number of para-hydroxylation sites is 1. The molecule has 2 amide bonds. The fourth-order valence-corrected chi connectivity index (χ4v) is 6.33. The number of fused-ring (bicyclic) bond motifs is 3. The van der Waals surface area contributed by atoms with Gasteiger partial charge in [0.25, 0.3) is 5.91 Å². The van der Waals surface area contributed by atoms with E-state index in [1.54, 1.807) is 0 Å². The predicted octanol–water partition coefficient (Wildman–Crippen LogP) is 4.64. The highest BCUT2D eigenvalue weighted by Crippen LogP contribution is 2.58. The number of amides is 2. The lowest BCUT2D eigenvalue weighted by atomic mass is 9.51. The van der Waals surface area contributed by atoms with Crippen LogP contribution in [0.25, 0.3) is 0 Å². The molecule has 4 aliphatic rings. The summed E-state index contributed by atoms with van der Waals surface area (Å²) in [5, 5.41) is 10.8. The summed E-state index contributed by atoms with van der Waals surface area (Å²) in [5.41, 5.74) is 2.96. The van der Waals surface area contributed by atoms with Gasteiger partial charge >= 0.3 is 0 Å². The largest absolute Gasteiger partial charge is 0.362 e. The van der Waals surface area contributed by atoms with Crippen molar-refractivity contribution in [3.63, 3.8) is 0 Å². The Labute approximate surface area is 187 Å². The summed E-state index contributed by atoms with van der Waals surface area (Å²) in [7, 11) is 0. The quantitative estimate of drug-likeness (QED) is 0.655. The third kappa shape index (κ3) is 3.30. The molecule has 5 nitrogen and oxygen atoms in total. The van der Waals surface area contributed by atoms with Gasteiger partial charge in [-0.1, -0.05) is 42.8 Å². The third-order valence-electron chi connectivity index (χ3n) is 7.78. The van der Waals surface area contributed by atoms with Crippen molar-refractivity contribution >= 4 is 29.1 Å². The van der Waals surface area contributed by atoms with E-state index in [0.29, 0.717) is 17.1 Å². The molecule has 0 unspecified atom stereocenters. The first kappa shape index (κ1) is 20.4. The highest BCUT2D eigenvalue weighted by atomic mass is 35.5. The number of halogens is 1. The van der Waals surface area contributed by atoms with Crippen molar-refractivity contribution in [2.75, 3.05) is 5.32 Å². The molecular weight excluding hydrogens is 410 g/mol. The summed E-state index contributed by atoms with van der Waals surface area (Å²) in [6, 6.07) is 13.4. The Hall–Kier alpha value is -2.53. The normalized spacial score (nSPS) is 31.0. The Balaban J connectivity index is 1.35. The maximum absolute atomic E-state index is 13.3. The monoisotopic (exact) mass is 437 g/mol. The number of carbonyl (C=O) groups is 2. The predicted molar refractivity (Wildman–Crippen MR) is 122 cm³/mol. The van der Waals surface area contributed by atoms with Gasteiger partial charge in [-0.3, -0.25) is 9.59 Å². The molecule has 2 aromatic rings. The molecule has 162 valence electrons. The minimum atomic E-state index is -0.478. The van der Waals surface area contributed by atoms with Gasteiger partial charge in [0.1, 0.15) is 5.66 Å². The van der Waals surface area contributed by atoms with Crippen LogP contribution in [0.5, 0.6) is 0 Å². The number of rotatable bonds is 3. The van der Waals surface area contributed by atoms with Crippen LogP contribution in [-0.4, -0.2) is 17.5 Å². The first-order chi connectivity index (χ1) is 14.8. The zero-order chi connectivity index (χ0) is 21.8. The molecule has 6 heteroatoms. The van der Waals surface area contributed by atoms with Gasteiger partial charge in [0.15, 0.2) is 0 Å². The second kappa shape index (κ2) is 7.27. The first-order valence-corrected chi connectivity index (χ1v) is 11.4. The van der Waals surface area contributed by atoms with Crippen LogP contribution >= 0.6 is 11.6 Å². The first-order valence-electron chi connectivity index (χ1n) is 11.0. The Morgan fingerprint density at radius 2 is 2.00 bits per heavy atom. The molecule has 3 aliphatic carbocycles. The van der Waals surface area contributed by atoms with Crippen molar-refractivity contribution < 1.29 is 9.59 Å². The van der Waals surface area contributed by atoms with Crippen LogP contribution in [0.3, 0.4) is 0 Å². The van der Waals surface area contributed by atoms with Gasteiger partial charge in [0.05, 0.1) is 5.56 Å². The molecule has 3 saturated carbocycles. The number of nitrogens with one attached hydrogen (secondary N) is 3. The van der Waals surface area contributed by atoms with Crippen molar-refractivity contribution in [3.8, 4) is 0 Å². The molecule has 1 heterocycles. The van der Waals surface area contributed by atoms with E-state index in [-0.39, 0.29) is 29.1 Å². The molecule has 6 rings (SSSR count). The molecule has 4 atom stereocenters. The summed E-state index contributed by atoms with van der Waals surface area (Å²) in [4.78, 5) is 26.1. The van der Waals surface area contributed by atoms with Crippen molar-refractivity contribution in [1.29, 1.82) is 0 Å². The Bertz CT molecular complexity index is 1050. The Morgan fingerprint density at radius 3 is 2.77 bits per heavy atom. The van der Waals surface area contributed by atoms with Crippen LogP contribution in [0.4, 0.5) is 5.69 Å². The van der Waals surface area contributed by atoms with Gasteiger partial charge < -0.3 is 16.0 Å². The third-order valence-corrected chi connectivity index (χ3v) is 8.13. The lowest BCUT2D eigenvalue weighted by Crippen LogP contribution is -2.70. The highest BCUT2D eigenvalue weighted by Gasteiger charge is 2.60. The van der Waals surface area contributed by atoms with Crippen molar-refractivity contribution in [3.05, 3.63) is 64.2 Å². The number of aryl methyl sites for hydroxylation is 1. The Morgan fingerprint density at radius 1 is 1.19 bits per heavy atom. The standard InChI is InChI=1S/C25H28ClN3O2/c1-15-6-5-8-20(26)18(15)13-27-23(31)19-12-16-10-11-24(19,2)14-25(16)28-21-9-4-3-7-17(21)22(30)29-25/h3-9,16,19,28H,10-14H2,1-2H3,(H,27,31)(H,29,30)/t16-,19-,24+,25+/m1/s1. The molecule has 0 saturated heterocycles. The van der Waals surface area contributed by atoms with Gasteiger partial charge in [-0.25, -0.2) is 0 Å². The fourth-order valence-electron chi connectivity index (χ4n) is 6.04. The summed E-state index contributed by atoms with van der Waals surface area (Å²) in [6.45, 7) is 4.65. The van der Waals surface area contributed by atoms with E-state index in [4.69, 9.17) is 11.6 Å². The SMILES string of the molecule is Cc1cccc(Cl)c1CNC(=O)[C@H]1C[C@H]2CC[C@@]1(C)C[C@]21NC(=O)c2ccccc2N1. The van der Waals surface area contributed by atoms with Gasteiger partial charge in [0, 0.05) is 29.1 Å². The lowest BCUT2D eigenvalue weighted by Gasteiger charge is -2.60. The zero-order valence-corrected chi connectivity index (χ0v) is 18.7. The molecule has 1 spiro atoms. The van der Waals surface area contributed by atoms with Crippen LogP contribution in [0.15, 0.2) is 42.5 Å². The maximum atomic E-state index is 13.3. The van der Waals surface area contributed by atoms with E-state index in [2.05, 4.69) is 22.9 Å². The number of hydrogen-bond acceptors (Lipinski definition) is 3. The second-order valence-corrected chi connectivity index (χ2v) is 10.1. The van der Waals surface area contributed by atoms with Crippen LogP contribution in [0, 0.1) is 24.2 Å². The van der Waals surface area contributed by atoms with Gasteiger partial charge in [0.2, 0.25) is 5.91 Å². The molecule has 3 fully saturated rings. The molecule has 2 aromatic carbocycles. The van der Waals surface area contributed by atoms with Crippen molar-refractivity contribution in [2.24, 2.45) is 17.3 Å². The highest BCUT2D eigenvalue weighted by molar-refractivity contribution is 6.31. The molecule has 1 aliphatic heterocycles. The van der Waals surface area contributed by atoms with E-state index < -0.39 is 5.66 Å². The van der Waals surface area contributed by atoms with Gasteiger partial charge in [-0.2, -0.15) is 0 Å². The molecular formula is C25H28ClN3O2. The molecule has 0 aromatic heterocycles. The van der Waals surface area contributed by atoms with Crippen LogP contribution < -0.4 is 16.0 Å². The summed E-state index contributed by atoms with van der Waals surface area (Å²) >= 11 is 6.34. The van der Waals surface area contributed by atoms with E-state index in [0.717, 1.165) is 42.5 Å². The minimum absolute atomic E-state index is 0.0271. The molecule has 2 bridgehead atoms. The number of anilines is 1. The van der Waals surface area contributed by atoms with Gasteiger partial charge in [-0.05, 0) is 67.3 Å². The average molecular weight is 438 g/mol. The number of benzene rings is 2. The van der Waals surface area contributed by atoms with Crippen molar-refractivity contribution in [1.82, 2.24) is 10.6 Å². The summed E-state index contributed by atoms with van der Waals surface area (Å²) in [5.74, 6) is 0.199. The zero-order valence-electron chi connectivity index (χ0n) is 17.9. The average Bonchev–Trinajstić information content (AvgIpc) is 2.73. The Kier molecular flexibility index (Phi) is 4.78. The van der Waals surface area contributed by atoms with Crippen molar-refractivity contribution in [2.45, 2.75) is 51.7 Å². The second-order valence-electron chi connectivity index (χ2n) is 9.70. The smallest absolute Gasteiger partial charge is 0.255 e. The topological polar surface area (TPSA) is 70.2 Å². The van der Waals surface area contributed by atoms with Crippen LogP contribution in [0.2, 0.25) is 5.02 Å². The summed E-state index contributed by atoms with van der Waals surface area (Å²) < 4.78 is 0. The van der Waals surface area contributed by atoms with E-state index in [9.17, 15) is 9.59 Å². The molecule has 31 heavy (non-hydrogen) atoms. The van der Waals surface area contributed by atoms with Crippen LogP contribution in [0.1, 0.15) is 54.1 Å². The maximum Gasteiger partial charge on any atom is 0.255 e.